The SMILES string of the molecule is COC(=O)Cc1cc(OC(F)(F)F)c(C(F)(F)F)[nH]c1=O. The third-order valence-corrected chi connectivity index (χ3v) is 2.15. The predicted octanol–water partition coefficient (Wildman–Crippen LogP) is 2.01. The topological polar surface area (TPSA) is 68.4 Å². The van der Waals surface area contributed by atoms with Crippen LogP contribution in [-0.4, -0.2) is 24.4 Å². The van der Waals surface area contributed by atoms with Crippen LogP contribution in [0.1, 0.15) is 11.3 Å². The Hall–Kier alpha value is -2.20. The van der Waals surface area contributed by atoms with Crippen molar-refractivity contribution in [2.45, 2.75) is 19.0 Å². The Morgan fingerprint density at radius 1 is 1.24 bits per heavy atom. The number of hydrogen-bond donors (Lipinski definition) is 1. The maximum absolute atomic E-state index is 12.6. The molecule has 0 aromatic carbocycles. The Bertz CT molecular complexity index is 589. The van der Waals surface area contributed by atoms with Crippen LogP contribution in [0.15, 0.2) is 10.9 Å². The van der Waals surface area contributed by atoms with Crippen molar-refractivity contribution in [1.82, 2.24) is 4.98 Å². The number of H-pyrrole nitrogens is 1. The van der Waals surface area contributed by atoms with Crippen molar-refractivity contribution in [2.75, 3.05) is 7.11 Å². The Balaban J connectivity index is 3.38. The molecule has 0 radical (unpaired) electrons. The third-order valence-electron chi connectivity index (χ3n) is 2.15. The largest absolute Gasteiger partial charge is 0.573 e. The Morgan fingerprint density at radius 3 is 2.24 bits per heavy atom. The van der Waals surface area contributed by atoms with Crippen LogP contribution in [0.5, 0.6) is 5.75 Å². The molecule has 1 N–H and O–H groups in total. The average molecular weight is 319 g/mol. The molecule has 0 spiro atoms. The van der Waals surface area contributed by atoms with E-state index in [1.165, 1.54) is 4.98 Å². The fourth-order valence-electron chi connectivity index (χ4n) is 1.33. The zero-order valence-corrected chi connectivity index (χ0v) is 10.2. The summed E-state index contributed by atoms with van der Waals surface area (Å²) in [4.78, 5) is 23.5. The molecule has 0 atom stereocenters. The van der Waals surface area contributed by atoms with Crippen molar-refractivity contribution in [3.05, 3.63) is 27.7 Å². The zero-order chi connectivity index (χ0) is 16.4. The highest BCUT2D eigenvalue weighted by Crippen LogP contribution is 2.36. The van der Waals surface area contributed by atoms with E-state index >= 15 is 0 Å². The van der Waals surface area contributed by atoms with Crippen molar-refractivity contribution in [3.8, 4) is 5.75 Å². The lowest BCUT2D eigenvalue weighted by atomic mass is 10.1. The van der Waals surface area contributed by atoms with E-state index in [-0.39, 0.29) is 6.07 Å². The summed E-state index contributed by atoms with van der Waals surface area (Å²) in [6.07, 6.45) is -11.5. The number of aromatic amines is 1. The first kappa shape index (κ1) is 16.9. The number of ether oxygens (including phenoxy) is 2. The molecule has 118 valence electrons. The summed E-state index contributed by atoms with van der Waals surface area (Å²) >= 11 is 0. The minimum Gasteiger partial charge on any atom is -0.469 e. The van der Waals surface area contributed by atoms with Gasteiger partial charge in [-0.3, -0.25) is 9.59 Å². The maximum Gasteiger partial charge on any atom is 0.573 e. The average Bonchev–Trinajstić information content (AvgIpc) is 2.29. The molecule has 11 heteroatoms. The van der Waals surface area contributed by atoms with E-state index in [0.29, 0.717) is 0 Å². The molecule has 1 aromatic rings. The van der Waals surface area contributed by atoms with Crippen molar-refractivity contribution < 1.29 is 40.6 Å². The molecule has 0 aliphatic carbocycles. The molecule has 0 bridgehead atoms. The van der Waals surface area contributed by atoms with Gasteiger partial charge >= 0.3 is 18.5 Å². The lowest BCUT2D eigenvalue weighted by molar-refractivity contribution is -0.276. The van der Waals surface area contributed by atoms with Gasteiger partial charge in [-0.1, -0.05) is 0 Å². The second-order valence-corrected chi connectivity index (χ2v) is 3.66. The van der Waals surface area contributed by atoms with Gasteiger partial charge in [0.25, 0.3) is 5.56 Å². The summed E-state index contributed by atoms with van der Waals surface area (Å²) in [5.41, 5.74) is -4.03. The van der Waals surface area contributed by atoms with Crippen molar-refractivity contribution in [1.29, 1.82) is 0 Å². The van der Waals surface area contributed by atoms with E-state index < -0.39 is 47.5 Å². The normalized spacial score (nSPS) is 12.1. The molecule has 1 heterocycles. The van der Waals surface area contributed by atoms with Crippen molar-refractivity contribution >= 4 is 5.97 Å². The molecule has 0 saturated carbocycles. The maximum atomic E-state index is 12.6. The second kappa shape index (κ2) is 5.66. The molecule has 21 heavy (non-hydrogen) atoms. The minimum absolute atomic E-state index is 0.200. The lowest BCUT2D eigenvalue weighted by Crippen LogP contribution is -2.26. The first-order chi connectivity index (χ1) is 9.44. The van der Waals surface area contributed by atoms with Gasteiger partial charge in [0.2, 0.25) is 0 Å². The fraction of sp³-hybridized carbons (Fsp3) is 0.400. The van der Waals surface area contributed by atoms with E-state index in [1.807, 2.05) is 0 Å². The summed E-state index contributed by atoms with van der Waals surface area (Å²) in [5, 5.41) is 0. The summed E-state index contributed by atoms with van der Waals surface area (Å²) < 4.78 is 81.4. The molecule has 0 aliphatic rings. The summed E-state index contributed by atoms with van der Waals surface area (Å²) in [6.45, 7) is 0. The monoisotopic (exact) mass is 319 g/mol. The Kier molecular flexibility index (Phi) is 4.54. The molecule has 0 unspecified atom stereocenters. The van der Waals surface area contributed by atoms with Gasteiger partial charge in [0.05, 0.1) is 13.5 Å². The molecule has 1 aromatic heterocycles. The highest BCUT2D eigenvalue weighted by molar-refractivity contribution is 5.72. The van der Waals surface area contributed by atoms with Crippen molar-refractivity contribution in [2.24, 2.45) is 0 Å². The summed E-state index contributed by atoms with van der Waals surface area (Å²) in [6, 6.07) is 0.200. The second-order valence-electron chi connectivity index (χ2n) is 3.66. The van der Waals surface area contributed by atoms with Crippen LogP contribution in [-0.2, 0) is 22.1 Å². The zero-order valence-electron chi connectivity index (χ0n) is 10.2. The van der Waals surface area contributed by atoms with E-state index in [2.05, 4.69) is 9.47 Å². The fourth-order valence-corrected chi connectivity index (χ4v) is 1.33. The first-order valence-electron chi connectivity index (χ1n) is 5.10. The number of aromatic nitrogens is 1. The minimum atomic E-state index is -5.40. The number of halogens is 6. The van der Waals surface area contributed by atoms with Crippen LogP contribution in [0.3, 0.4) is 0 Å². The number of carbonyl (C=O) groups is 1. The van der Waals surface area contributed by atoms with Gasteiger partial charge in [-0.05, 0) is 6.07 Å². The summed E-state index contributed by atoms with van der Waals surface area (Å²) in [5.74, 6) is -2.67. The van der Waals surface area contributed by atoms with Crippen LogP contribution in [0.2, 0.25) is 0 Å². The molecule has 1 rings (SSSR count). The van der Waals surface area contributed by atoms with Crippen molar-refractivity contribution in [3.63, 3.8) is 0 Å². The molecular formula is C10H7F6NO4. The van der Waals surface area contributed by atoms with E-state index in [1.54, 1.807) is 0 Å². The van der Waals surface area contributed by atoms with Crippen LogP contribution >= 0.6 is 0 Å². The summed E-state index contributed by atoms with van der Waals surface area (Å²) in [7, 11) is 0.938. The number of carbonyl (C=O) groups excluding carboxylic acids is 1. The molecule has 5 nitrogen and oxygen atoms in total. The third kappa shape index (κ3) is 4.68. The molecule has 0 amide bonds. The van der Waals surface area contributed by atoms with Gasteiger partial charge < -0.3 is 14.5 Å². The predicted molar refractivity (Wildman–Crippen MR) is 54.5 cm³/mol. The Labute approximate surface area is 112 Å². The lowest BCUT2D eigenvalue weighted by Gasteiger charge is -2.15. The quantitative estimate of drug-likeness (QED) is 0.683. The van der Waals surface area contributed by atoms with Gasteiger partial charge in [-0.25, -0.2) is 0 Å². The highest BCUT2D eigenvalue weighted by atomic mass is 19.4. The molecule has 0 saturated heterocycles. The van der Waals surface area contributed by atoms with Crippen LogP contribution in [0.4, 0.5) is 26.3 Å². The number of alkyl halides is 6. The molecular weight excluding hydrogens is 312 g/mol. The van der Waals surface area contributed by atoms with E-state index in [4.69, 9.17) is 0 Å². The van der Waals surface area contributed by atoms with Crippen LogP contribution in [0.25, 0.3) is 0 Å². The number of rotatable bonds is 3. The van der Waals surface area contributed by atoms with Gasteiger partial charge in [-0.2, -0.15) is 13.2 Å². The number of methoxy groups -OCH3 is 1. The standard InChI is InChI=1S/C10H7F6NO4/c1-20-6(18)3-4-2-5(21-10(14,15)16)7(9(11,12)13)17-8(4)19/h2H,3H2,1H3,(H,17,19). The van der Waals surface area contributed by atoms with Gasteiger partial charge in [0, 0.05) is 5.56 Å². The van der Waals surface area contributed by atoms with E-state index in [9.17, 15) is 35.9 Å². The van der Waals surface area contributed by atoms with Crippen LogP contribution in [0, 0.1) is 0 Å². The number of esters is 1. The van der Waals surface area contributed by atoms with Gasteiger partial charge in [0.15, 0.2) is 11.4 Å². The highest BCUT2D eigenvalue weighted by Gasteiger charge is 2.41. The number of pyridine rings is 1. The smallest absolute Gasteiger partial charge is 0.469 e. The number of nitrogens with one attached hydrogen (secondary N) is 1. The van der Waals surface area contributed by atoms with Gasteiger partial charge in [-0.15, -0.1) is 13.2 Å². The van der Waals surface area contributed by atoms with E-state index in [0.717, 1.165) is 7.11 Å². The molecule has 0 aliphatic heterocycles. The Morgan fingerprint density at radius 2 is 1.81 bits per heavy atom. The van der Waals surface area contributed by atoms with Gasteiger partial charge in [0.1, 0.15) is 0 Å². The number of hydrogen-bond acceptors (Lipinski definition) is 4. The van der Waals surface area contributed by atoms with Crippen LogP contribution < -0.4 is 10.3 Å². The molecule has 0 fully saturated rings. The first-order valence-corrected chi connectivity index (χ1v) is 5.10.